The lowest BCUT2D eigenvalue weighted by Crippen LogP contribution is -2.38. The Morgan fingerprint density at radius 1 is 1.36 bits per heavy atom. The van der Waals surface area contributed by atoms with E-state index in [4.69, 9.17) is 16.3 Å². The zero-order valence-corrected chi connectivity index (χ0v) is 14.0. The maximum atomic E-state index is 6.17. The van der Waals surface area contributed by atoms with Crippen molar-refractivity contribution < 1.29 is 4.74 Å². The van der Waals surface area contributed by atoms with E-state index < -0.39 is 0 Å². The van der Waals surface area contributed by atoms with Gasteiger partial charge in [0.2, 0.25) is 0 Å². The molecule has 0 spiro atoms. The molecule has 5 heteroatoms. The van der Waals surface area contributed by atoms with E-state index in [9.17, 15) is 0 Å². The van der Waals surface area contributed by atoms with Crippen molar-refractivity contribution in [3.05, 3.63) is 34.9 Å². The lowest BCUT2D eigenvalue weighted by Gasteiger charge is -2.12. The number of hydrogen-bond donors (Lipinski definition) is 2. The maximum absolute atomic E-state index is 6.17. The molecular weight excluding hydrogens is 298 g/mol. The molecule has 1 saturated heterocycles. The number of nitrogens with zero attached hydrogens (tertiary/aromatic N) is 1. The average molecular weight is 324 g/mol. The van der Waals surface area contributed by atoms with Crippen LogP contribution in [0.2, 0.25) is 5.02 Å². The number of rotatable bonds is 7. The number of hydrogen-bond acceptors (Lipinski definition) is 2. The van der Waals surface area contributed by atoms with Crippen LogP contribution < -0.4 is 10.6 Å². The van der Waals surface area contributed by atoms with Crippen molar-refractivity contribution >= 4 is 17.6 Å². The van der Waals surface area contributed by atoms with E-state index in [1.54, 1.807) is 0 Å². The Balaban J connectivity index is 1.74. The van der Waals surface area contributed by atoms with Gasteiger partial charge in [0.05, 0.1) is 6.10 Å². The predicted octanol–water partition coefficient (Wildman–Crippen LogP) is 3.01. The average Bonchev–Trinajstić information content (AvgIpc) is 3.02. The van der Waals surface area contributed by atoms with Crippen LogP contribution in [0.15, 0.2) is 29.3 Å². The highest BCUT2D eigenvalue weighted by Gasteiger charge is 2.14. The zero-order chi connectivity index (χ0) is 15.6. The van der Waals surface area contributed by atoms with Gasteiger partial charge in [-0.25, -0.2) is 0 Å². The molecule has 1 unspecified atom stereocenters. The minimum atomic E-state index is 0.398. The molecular formula is C17H26ClN3O. The molecule has 1 atom stereocenters. The molecule has 122 valence electrons. The van der Waals surface area contributed by atoms with Crippen LogP contribution in [0.4, 0.5) is 0 Å². The van der Waals surface area contributed by atoms with Crippen LogP contribution in [0.1, 0.15) is 31.7 Å². The predicted molar refractivity (Wildman–Crippen MR) is 92.7 cm³/mol. The highest BCUT2D eigenvalue weighted by Crippen LogP contribution is 2.15. The van der Waals surface area contributed by atoms with Crippen molar-refractivity contribution in [1.82, 2.24) is 10.6 Å². The van der Waals surface area contributed by atoms with Gasteiger partial charge in [0.1, 0.15) is 0 Å². The fourth-order valence-corrected chi connectivity index (χ4v) is 2.78. The summed E-state index contributed by atoms with van der Waals surface area (Å²) in [6, 6.07) is 7.96. The van der Waals surface area contributed by atoms with Crippen molar-refractivity contribution in [2.75, 3.05) is 26.2 Å². The van der Waals surface area contributed by atoms with Crippen molar-refractivity contribution in [3.63, 3.8) is 0 Å². The van der Waals surface area contributed by atoms with Crippen LogP contribution in [-0.4, -0.2) is 38.3 Å². The van der Waals surface area contributed by atoms with Gasteiger partial charge in [0, 0.05) is 31.3 Å². The number of aliphatic imine (C=N–C) groups is 1. The maximum Gasteiger partial charge on any atom is 0.191 e. The van der Waals surface area contributed by atoms with E-state index in [2.05, 4.69) is 28.6 Å². The molecule has 1 aromatic rings. The van der Waals surface area contributed by atoms with Gasteiger partial charge in [-0.15, -0.1) is 0 Å². The monoisotopic (exact) mass is 323 g/mol. The number of halogens is 1. The van der Waals surface area contributed by atoms with E-state index in [1.165, 1.54) is 12.8 Å². The lowest BCUT2D eigenvalue weighted by atomic mass is 10.1. The fourth-order valence-electron chi connectivity index (χ4n) is 2.55. The van der Waals surface area contributed by atoms with Gasteiger partial charge in [-0.3, -0.25) is 4.99 Å². The van der Waals surface area contributed by atoms with Crippen LogP contribution >= 0.6 is 11.6 Å². The summed E-state index contributed by atoms with van der Waals surface area (Å²) in [5.74, 6) is 0.868. The third kappa shape index (κ3) is 5.85. The minimum absolute atomic E-state index is 0.398. The van der Waals surface area contributed by atoms with Crippen LogP contribution in [0.3, 0.4) is 0 Å². The summed E-state index contributed by atoms with van der Waals surface area (Å²) in [7, 11) is 0. The summed E-state index contributed by atoms with van der Waals surface area (Å²) in [5.41, 5.74) is 1.16. The molecule has 22 heavy (non-hydrogen) atoms. The topological polar surface area (TPSA) is 45.7 Å². The summed E-state index contributed by atoms with van der Waals surface area (Å²) in [4.78, 5) is 4.61. The van der Waals surface area contributed by atoms with Gasteiger partial charge < -0.3 is 15.4 Å². The first-order valence-electron chi connectivity index (χ1n) is 8.16. The van der Waals surface area contributed by atoms with Crippen LogP contribution in [0, 0.1) is 0 Å². The standard InChI is InChI=1S/C17H26ClN3O/c1-2-19-17(21-12-10-15-7-5-13-22-15)20-11-9-14-6-3-4-8-16(14)18/h3-4,6,8,15H,2,5,7,9-13H2,1H3,(H2,19,20,21). The highest BCUT2D eigenvalue weighted by molar-refractivity contribution is 6.31. The Morgan fingerprint density at radius 2 is 2.23 bits per heavy atom. The smallest absolute Gasteiger partial charge is 0.191 e. The first kappa shape index (κ1) is 17.1. The lowest BCUT2D eigenvalue weighted by molar-refractivity contribution is 0.106. The Hall–Kier alpha value is -1.26. The molecule has 1 aromatic carbocycles. The second-order valence-electron chi connectivity index (χ2n) is 5.45. The first-order valence-corrected chi connectivity index (χ1v) is 8.54. The van der Waals surface area contributed by atoms with Crippen molar-refractivity contribution in [3.8, 4) is 0 Å². The van der Waals surface area contributed by atoms with Crippen LogP contribution in [0.25, 0.3) is 0 Å². The Morgan fingerprint density at radius 3 is 2.95 bits per heavy atom. The van der Waals surface area contributed by atoms with Gasteiger partial charge >= 0.3 is 0 Å². The molecule has 0 aromatic heterocycles. The third-order valence-electron chi connectivity index (χ3n) is 3.73. The third-order valence-corrected chi connectivity index (χ3v) is 4.10. The first-order chi connectivity index (χ1) is 10.8. The molecule has 0 aliphatic carbocycles. The molecule has 2 rings (SSSR count). The molecule has 0 saturated carbocycles. The van der Waals surface area contributed by atoms with Crippen molar-refractivity contribution in [2.24, 2.45) is 4.99 Å². The minimum Gasteiger partial charge on any atom is -0.378 e. The van der Waals surface area contributed by atoms with E-state index in [0.717, 1.165) is 55.6 Å². The highest BCUT2D eigenvalue weighted by atomic mass is 35.5. The zero-order valence-electron chi connectivity index (χ0n) is 13.3. The fraction of sp³-hybridized carbons (Fsp3) is 0.588. The molecule has 4 nitrogen and oxygen atoms in total. The molecule has 1 fully saturated rings. The van der Waals surface area contributed by atoms with Gasteiger partial charge in [-0.05, 0) is 44.2 Å². The largest absolute Gasteiger partial charge is 0.378 e. The molecule has 0 radical (unpaired) electrons. The van der Waals surface area contributed by atoms with Gasteiger partial charge in [0.25, 0.3) is 0 Å². The number of nitrogens with one attached hydrogen (secondary N) is 2. The number of ether oxygens (including phenoxy) is 1. The summed E-state index contributed by atoms with van der Waals surface area (Å²) in [5, 5.41) is 7.46. The molecule has 1 aliphatic rings. The van der Waals surface area contributed by atoms with Gasteiger partial charge in [-0.1, -0.05) is 29.8 Å². The van der Waals surface area contributed by atoms with Gasteiger partial charge in [-0.2, -0.15) is 0 Å². The molecule has 1 heterocycles. The van der Waals surface area contributed by atoms with Crippen molar-refractivity contribution in [1.29, 1.82) is 0 Å². The molecule has 0 amide bonds. The number of guanidine groups is 1. The summed E-state index contributed by atoms with van der Waals surface area (Å²) >= 11 is 6.17. The Labute approximate surface area is 138 Å². The van der Waals surface area contributed by atoms with E-state index >= 15 is 0 Å². The second-order valence-corrected chi connectivity index (χ2v) is 5.86. The number of benzene rings is 1. The summed E-state index contributed by atoms with van der Waals surface area (Å²) in [6.45, 7) is 5.45. The molecule has 0 bridgehead atoms. The Kier molecular flexibility index (Phi) is 7.54. The van der Waals surface area contributed by atoms with Crippen LogP contribution in [0.5, 0.6) is 0 Å². The van der Waals surface area contributed by atoms with E-state index in [0.29, 0.717) is 6.10 Å². The van der Waals surface area contributed by atoms with Crippen LogP contribution in [-0.2, 0) is 11.2 Å². The quantitative estimate of drug-likeness (QED) is 0.599. The second kappa shape index (κ2) is 9.70. The van der Waals surface area contributed by atoms with E-state index in [1.807, 2.05) is 18.2 Å². The SMILES string of the molecule is CCNC(=NCCC1CCCO1)NCCc1ccccc1Cl. The van der Waals surface area contributed by atoms with Gasteiger partial charge in [0.15, 0.2) is 5.96 Å². The molecule has 2 N–H and O–H groups in total. The van der Waals surface area contributed by atoms with E-state index in [-0.39, 0.29) is 0 Å². The Bertz CT molecular complexity index is 473. The van der Waals surface area contributed by atoms with Crippen molar-refractivity contribution in [2.45, 2.75) is 38.7 Å². The summed E-state index contributed by atoms with van der Waals surface area (Å²) < 4.78 is 5.62. The molecule has 1 aliphatic heterocycles. The normalized spacial score (nSPS) is 18.5. The summed E-state index contributed by atoms with van der Waals surface area (Å²) in [6.07, 6.45) is 4.64.